The summed E-state index contributed by atoms with van der Waals surface area (Å²) in [5, 5.41) is 2.83. The lowest BCUT2D eigenvalue weighted by molar-refractivity contribution is -0.116. The predicted molar refractivity (Wildman–Crippen MR) is 128 cm³/mol. The summed E-state index contributed by atoms with van der Waals surface area (Å²) in [6.07, 6.45) is 3.84. The Bertz CT molecular complexity index is 1490. The van der Waals surface area contributed by atoms with Gasteiger partial charge in [0.1, 0.15) is 35.0 Å². The van der Waals surface area contributed by atoms with Crippen molar-refractivity contribution in [1.82, 2.24) is 15.0 Å². The fraction of sp³-hybridized carbons (Fsp3) is 0.296. The molecule has 7 nitrogen and oxygen atoms in total. The fourth-order valence-corrected chi connectivity index (χ4v) is 5.48. The van der Waals surface area contributed by atoms with Crippen molar-refractivity contribution in [3.05, 3.63) is 70.7 Å². The molecule has 4 heterocycles. The molecule has 4 aromatic rings. The van der Waals surface area contributed by atoms with Crippen LogP contribution in [0.3, 0.4) is 0 Å². The van der Waals surface area contributed by atoms with Crippen molar-refractivity contribution in [2.24, 2.45) is 0 Å². The molecule has 0 bridgehead atoms. The number of carbonyl (C=O) groups is 1. The maximum absolute atomic E-state index is 11.7. The Labute approximate surface area is 196 Å². The van der Waals surface area contributed by atoms with Crippen LogP contribution >= 0.6 is 0 Å². The molecule has 0 unspecified atom stereocenters. The monoisotopic (exact) mass is 452 g/mol. The number of hydrogen-bond donors (Lipinski definition) is 2. The lowest BCUT2D eigenvalue weighted by Gasteiger charge is -2.19. The summed E-state index contributed by atoms with van der Waals surface area (Å²) in [6.45, 7) is 4.33. The number of aryl methyl sites for hydroxylation is 2. The molecule has 2 N–H and O–H groups in total. The van der Waals surface area contributed by atoms with Gasteiger partial charge in [0.2, 0.25) is 5.91 Å². The van der Waals surface area contributed by atoms with Gasteiger partial charge >= 0.3 is 0 Å². The van der Waals surface area contributed by atoms with E-state index in [0.717, 1.165) is 51.7 Å². The molecule has 1 fully saturated rings. The molecule has 1 amide bonds. The number of anilines is 1. The maximum atomic E-state index is 11.7. The Morgan fingerprint density at radius 3 is 2.94 bits per heavy atom. The average Bonchev–Trinajstić information content (AvgIpc) is 3.19. The van der Waals surface area contributed by atoms with Crippen LogP contribution in [-0.4, -0.2) is 27.0 Å². The van der Waals surface area contributed by atoms with Crippen LogP contribution in [0.4, 0.5) is 5.82 Å². The number of amides is 1. The van der Waals surface area contributed by atoms with E-state index in [4.69, 9.17) is 14.5 Å². The van der Waals surface area contributed by atoms with Gasteiger partial charge in [-0.3, -0.25) is 4.79 Å². The predicted octanol–water partition coefficient (Wildman–Crippen LogP) is 5.15. The Kier molecular flexibility index (Phi) is 4.07. The molecule has 170 valence electrons. The van der Waals surface area contributed by atoms with Crippen LogP contribution < -0.4 is 14.8 Å². The average molecular weight is 453 g/mol. The van der Waals surface area contributed by atoms with E-state index in [1.165, 1.54) is 11.1 Å². The summed E-state index contributed by atoms with van der Waals surface area (Å²) < 4.78 is 12.5. The standard InChI is InChI=1S/C27H24N4O3/c1-3-14-11-19-18(10-13(14)2)29-27(30-19)24-23-17-12-15(4-6-20(17)34-25(23)24)33-21-8-9-28-26-16(21)5-7-22(32)31-26/h4,6,8-12,23-25H,3,5,7H2,1-2H3,(H,29,30)(H,28,31,32)/t23-,24-,25-/m0/s1. The van der Waals surface area contributed by atoms with Gasteiger partial charge in [-0.15, -0.1) is 0 Å². The van der Waals surface area contributed by atoms with Gasteiger partial charge in [-0.1, -0.05) is 6.92 Å². The second-order valence-electron chi connectivity index (χ2n) is 9.39. The van der Waals surface area contributed by atoms with E-state index in [-0.39, 0.29) is 23.8 Å². The normalized spacial score (nSPS) is 21.9. The Morgan fingerprint density at radius 2 is 2.06 bits per heavy atom. The van der Waals surface area contributed by atoms with Crippen molar-refractivity contribution in [3.8, 4) is 17.2 Å². The zero-order valence-electron chi connectivity index (χ0n) is 19.0. The van der Waals surface area contributed by atoms with Crippen LogP contribution in [0, 0.1) is 6.92 Å². The number of H-pyrrole nitrogens is 1. The molecule has 7 rings (SSSR count). The zero-order valence-corrected chi connectivity index (χ0v) is 19.0. The minimum absolute atomic E-state index is 0.00990. The van der Waals surface area contributed by atoms with Crippen LogP contribution in [0.1, 0.15) is 53.3 Å². The Balaban J connectivity index is 1.17. The number of rotatable bonds is 4. The van der Waals surface area contributed by atoms with Gasteiger partial charge in [-0.2, -0.15) is 0 Å². The summed E-state index contributed by atoms with van der Waals surface area (Å²) in [7, 11) is 0. The highest BCUT2D eigenvalue weighted by Gasteiger charge is 2.61. The van der Waals surface area contributed by atoms with Gasteiger partial charge in [-0.25, -0.2) is 9.97 Å². The zero-order chi connectivity index (χ0) is 23.0. The van der Waals surface area contributed by atoms with Crippen molar-refractivity contribution in [2.75, 3.05) is 5.32 Å². The molecular formula is C27H24N4O3. The second-order valence-corrected chi connectivity index (χ2v) is 9.39. The molecule has 1 aliphatic carbocycles. The summed E-state index contributed by atoms with van der Waals surface area (Å²) in [6, 6.07) is 12.2. The molecule has 2 aromatic carbocycles. The molecule has 7 heteroatoms. The van der Waals surface area contributed by atoms with Crippen LogP contribution in [-0.2, 0) is 17.6 Å². The Hall–Kier alpha value is -3.87. The van der Waals surface area contributed by atoms with Crippen LogP contribution in [0.15, 0.2) is 42.6 Å². The quantitative estimate of drug-likeness (QED) is 0.447. The number of nitrogens with zero attached hydrogens (tertiary/aromatic N) is 2. The number of benzene rings is 2. The number of aromatic nitrogens is 3. The minimum atomic E-state index is -0.00990. The first-order chi connectivity index (χ1) is 16.6. The molecule has 0 saturated heterocycles. The molecule has 34 heavy (non-hydrogen) atoms. The van der Waals surface area contributed by atoms with E-state index >= 15 is 0 Å². The van der Waals surface area contributed by atoms with E-state index in [1.54, 1.807) is 6.20 Å². The number of fused-ring (bicyclic) bond motifs is 5. The highest BCUT2D eigenvalue weighted by molar-refractivity contribution is 5.93. The van der Waals surface area contributed by atoms with E-state index < -0.39 is 0 Å². The maximum Gasteiger partial charge on any atom is 0.225 e. The number of carbonyl (C=O) groups excluding carboxylic acids is 1. The molecule has 0 spiro atoms. The first kappa shape index (κ1) is 19.6. The van der Waals surface area contributed by atoms with Crippen molar-refractivity contribution in [1.29, 1.82) is 0 Å². The van der Waals surface area contributed by atoms with Gasteiger partial charge in [-0.05, 0) is 67.3 Å². The van der Waals surface area contributed by atoms with E-state index in [0.29, 0.717) is 18.7 Å². The molecular weight excluding hydrogens is 428 g/mol. The van der Waals surface area contributed by atoms with E-state index in [1.807, 2.05) is 18.2 Å². The van der Waals surface area contributed by atoms with Gasteiger partial charge in [0, 0.05) is 29.7 Å². The molecule has 2 aliphatic heterocycles. The summed E-state index contributed by atoms with van der Waals surface area (Å²) in [5.41, 5.74) is 6.83. The molecule has 0 radical (unpaired) electrons. The third-order valence-corrected chi connectivity index (χ3v) is 7.31. The smallest absolute Gasteiger partial charge is 0.225 e. The minimum Gasteiger partial charge on any atom is -0.489 e. The van der Waals surface area contributed by atoms with Gasteiger partial charge in [0.25, 0.3) is 0 Å². The third-order valence-electron chi connectivity index (χ3n) is 7.31. The number of imidazole rings is 1. The molecule has 1 saturated carbocycles. The van der Waals surface area contributed by atoms with Crippen molar-refractivity contribution < 1.29 is 14.3 Å². The summed E-state index contributed by atoms with van der Waals surface area (Å²) in [5.74, 6) is 4.48. The SMILES string of the molecule is CCc1cc2nc([C@@H]3[C@H]4Oc5ccc(Oc6ccnc7c6CCC(=O)N7)cc5[C@H]43)[nH]c2cc1C. The number of nitrogens with one attached hydrogen (secondary N) is 2. The second kappa shape index (κ2) is 7.06. The van der Waals surface area contributed by atoms with Crippen LogP contribution in [0.2, 0.25) is 0 Å². The number of ether oxygens (including phenoxy) is 2. The first-order valence-electron chi connectivity index (χ1n) is 11.8. The molecule has 2 aromatic heterocycles. The topological polar surface area (TPSA) is 89.1 Å². The molecule has 3 aliphatic rings. The number of aromatic amines is 1. The fourth-order valence-electron chi connectivity index (χ4n) is 5.48. The van der Waals surface area contributed by atoms with Crippen LogP contribution in [0.25, 0.3) is 11.0 Å². The van der Waals surface area contributed by atoms with Crippen LogP contribution in [0.5, 0.6) is 17.2 Å². The highest BCUT2D eigenvalue weighted by Crippen LogP contribution is 2.63. The summed E-state index contributed by atoms with van der Waals surface area (Å²) in [4.78, 5) is 24.4. The van der Waals surface area contributed by atoms with Crippen molar-refractivity contribution in [2.45, 2.75) is 51.0 Å². The van der Waals surface area contributed by atoms with E-state index in [9.17, 15) is 4.79 Å². The number of hydrogen-bond acceptors (Lipinski definition) is 5. The number of pyridine rings is 1. The van der Waals surface area contributed by atoms with Gasteiger partial charge in [0.15, 0.2) is 0 Å². The van der Waals surface area contributed by atoms with Gasteiger partial charge < -0.3 is 19.8 Å². The van der Waals surface area contributed by atoms with Gasteiger partial charge in [0.05, 0.1) is 17.0 Å². The largest absolute Gasteiger partial charge is 0.489 e. The van der Waals surface area contributed by atoms with Crippen molar-refractivity contribution in [3.63, 3.8) is 0 Å². The highest BCUT2D eigenvalue weighted by atomic mass is 16.5. The van der Waals surface area contributed by atoms with Crippen molar-refractivity contribution >= 4 is 22.8 Å². The lowest BCUT2D eigenvalue weighted by atomic mass is 10.1. The molecule has 3 atom stereocenters. The van der Waals surface area contributed by atoms with E-state index in [2.05, 4.69) is 47.3 Å². The lowest BCUT2D eigenvalue weighted by Crippen LogP contribution is -2.20. The Morgan fingerprint density at radius 1 is 1.15 bits per heavy atom. The summed E-state index contributed by atoms with van der Waals surface area (Å²) >= 11 is 0. The first-order valence-corrected chi connectivity index (χ1v) is 11.8. The third kappa shape index (κ3) is 2.93.